The van der Waals surface area contributed by atoms with E-state index < -0.39 is 0 Å². The number of ether oxygens (including phenoxy) is 2. The molecule has 0 radical (unpaired) electrons. The van der Waals surface area contributed by atoms with E-state index in [1.54, 1.807) is 0 Å². The lowest BCUT2D eigenvalue weighted by atomic mass is 9.97. The molecule has 1 aromatic rings. The third kappa shape index (κ3) is 12.9. The summed E-state index contributed by atoms with van der Waals surface area (Å²) in [4.78, 5) is 0. The molecule has 0 N–H and O–H groups in total. The molecule has 0 aliphatic heterocycles. The quantitative estimate of drug-likeness (QED) is 0.162. The molecule has 2 nitrogen and oxygen atoms in total. The second kappa shape index (κ2) is 17.2. The Morgan fingerprint density at radius 1 is 0.594 bits per heavy atom. The maximum Gasteiger partial charge on any atom is 0.123 e. The van der Waals surface area contributed by atoms with Crippen molar-refractivity contribution < 1.29 is 9.47 Å². The van der Waals surface area contributed by atoms with Gasteiger partial charge in [0.05, 0.1) is 13.2 Å². The predicted molar refractivity (Wildman–Crippen MR) is 148 cm³/mol. The highest BCUT2D eigenvalue weighted by atomic mass is 79.9. The molecule has 0 spiro atoms. The van der Waals surface area contributed by atoms with E-state index >= 15 is 0 Å². The zero-order chi connectivity index (χ0) is 23.9. The van der Waals surface area contributed by atoms with Crippen molar-refractivity contribution in [3.8, 4) is 11.5 Å². The summed E-state index contributed by atoms with van der Waals surface area (Å²) in [7, 11) is 0. The Morgan fingerprint density at radius 2 is 0.969 bits per heavy atom. The first kappa shape index (κ1) is 29.8. The average Bonchev–Trinajstić information content (AvgIpc) is 2.73. The number of halogens is 2. The molecule has 0 heterocycles. The molecular weight excluding hydrogens is 528 g/mol. The Hall–Kier alpha value is -0.220. The number of hydrogen-bond acceptors (Lipinski definition) is 2. The van der Waals surface area contributed by atoms with Gasteiger partial charge in [0.15, 0.2) is 0 Å². The molecule has 0 saturated carbocycles. The van der Waals surface area contributed by atoms with Gasteiger partial charge in [-0.25, -0.2) is 0 Å². The summed E-state index contributed by atoms with van der Waals surface area (Å²) in [6.07, 6.45) is 10.1. The topological polar surface area (TPSA) is 18.5 Å². The molecule has 0 fully saturated rings. The predicted octanol–water partition coefficient (Wildman–Crippen LogP) is 9.94. The molecule has 4 heteroatoms. The minimum atomic E-state index is 0.710. The number of rotatable bonds is 18. The Labute approximate surface area is 215 Å². The normalized spacial score (nSPS) is 13.6. The highest BCUT2D eigenvalue weighted by molar-refractivity contribution is 9.08. The Morgan fingerprint density at radius 3 is 1.28 bits per heavy atom. The van der Waals surface area contributed by atoms with Crippen molar-refractivity contribution in [3.05, 3.63) is 23.3 Å². The fraction of sp³-hybridized carbons (Fsp3) is 0.786. The van der Waals surface area contributed by atoms with Crippen molar-refractivity contribution in [2.75, 3.05) is 13.2 Å². The van der Waals surface area contributed by atoms with E-state index in [4.69, 9.17) is 9.47 Å². The molecule has 2 atom stereocenters. The minimum Gasteiger partial charge on any atom is -0.493 e. The summed E-state index contributed by atoms with van der Waals surface area (Å²) in [5.41, 5.74) is 2.34. The van der Waals surface area contributed by atoms with Crippen LogP contribution in [0.25, 0.3) is 0 Å². The van der Waals surface area contributed by atoms with Gasteiger partial charge < -0.3 is 9.47 Å². The molecule has 0 bridgehead atoms. The maximum absolute atomic E-state index is 6.22. The zero-order valence-electron chi connectivity index (χ0n) is 21.5. The molecule has 0 unspecified atom stereocenters. The van der Waals surface area contributed by atoms with E-state index in [0.29, 0.717) is 11.8 Å². The molecule has 1 aromatic carbocycles. The van der Waals surface area contributed by atoms with Gasteiger partial charge in [0, 0.05) is 21.8 Å². The van der Waals surface area contributed by atoms with Crippen LogP contribution in [0.15, 0.2) is 12.1 Å². The van der Waals surface area contributed by atoms with Gasteiger partial charge in [-0.05, 0) is 48.6 Å². The molecule has 186 valence electrons. The molecule has 0 aliphatic rings. The summed E-state index contributed by atoms with van der Waals surface area (Å²) in [5.74, 6) is 5.00. The first-order valence-corrected chi connectivity index (χ1v) is 15.0. The van der Waals surface area contributed by atoms with Crippen molar-refractivity contribution in [2.45, 2.75) is 104 Å². The highest BCUT2D eigenvalue weighted by Gasteiger charge is 2.13. The van der Waals surface area contributed by atoms with E-state index in [2.05, 4.69) is 85.5 Å². The lowest BCUT2D eigenvalue weighted by molar-refractivity contribution is 0.266. The fourth-order valence-electron chi connectivity index (χ4n) is 3.90. The molecule has 0 saturated heterocycles. The Bertz CT molecular complexity index is 562. The highest BCUT2D eigenvalue weighted by Crippen LogP contribution is 2.33. The SMILES string of the molecule is CC(C)CCC[C@@H](C)CCOc1cc(CBr)c(OCC[C@@H](C)CCCC(C)C)cc1CBr. The summed E-state index contributed by atoms with van der Waals surface area (Å²) in [6, 6.07) is 4.33. The van der Waals surface area contributed by atoms with E-state index in [1.165, 1.54) is 49.7 Å². The van der Waals surface area contributed by atoms with Gasteiger partial charge in [-0.2, -0.15) is 0 Å². The summed E-state index contributed by atoms with van der Waals surface area (Å²) in [5, 5.41) is 1.55. The van der Waals surface area contributed by atoms with E-state index in [-0.39, 0.29) is 0 Å². The van der Waals surface area contributed by atoms with Crippen LogP contribution in [0.2, 0.25) is 0 Å². The van der Waals surface area contributed by atoms with E-state index in [0.717, 1.165) is 60.1 Å². The summed E-state index contributed by atoms with van der Waals surface area (Å²) in [6.45, 7) is 15.5. The number of hydrogen-bond donors (Lipinski definition) is 0. The molecular formula is C28H48Br2O2. The average molecular weight is 576 g/mol. The van der Waals surface area contributed by atoms with Gasteiger partial charge in [0.25, 0.3) is 0 Å². The van der Waals surface area contributed by atoms with Crippen molar-refractivity contribution in [3.63, 3.8) is 0 Å². The summed E-state index contributed by atoms with van der Waals surface area (Å²) < 4.78 is 12.4. The lowest BCUT2D eigenvalue weighted by Crippen LogP contribution is -2.08. The zero-order valence-corrected chi connectivity index (χ0v) is 24.7. The van der Waals surface area contributed by atoms with Gasteiger partial charge >= 0.3 is 0 Å². The molecule has 0 amide bonds. The summed E-state index contributed by atoms with van der Waals surface area (Å²) >= 11 is 7.28. The van der Waals surface area contributed by atoms with Crippen molar-refractivity contribution in [1.82, 2.24) is 0 Å². The van der Waals surface area contributed by atoms with E-state index in [1.807, 2.05) is 0 Å². The van der Waals surface area contributed by atoms with Crippen LogP contribution in [-0.4, -0.2) is 13.2 Å². The van der Waals surface area contributed by atoms with Crippen LogP contribution in [0.5, 0.6) is 11.5 Å². The third-order valence-corrected chi connectivity index (χ3v) is 7.43. The second-order valence-electron chi connectivity index (χ2n) is 10.5. The van der Waals surface area contributed by atoms with E-state index in [9.17, 15) is 0 Å². The first-order chi connectivity index (χ1) is 15.3. The van der Waals surface area contributed by atoms with Crippen molar-refractivity contribution in [2.24, 2.45) is 23.7 Å². The van der Waals surface area contributed by atoms with Crippen LogP contribution in [0, 0.1) is 23.7 Å². The van der Waals surface area contributed by atoms with Crippen LogP contribution in [0.4, 0.5) is 0 Å². The Kier molecular flexibility index (Phi) is 16.1. The standard InChI is InChI=1S/C28H48Br2O2/c1-21(2)9-7-11-23(5)13-15-31-27-17-26(20-30)28(18-25(27)19-29)32-16-14-24(6)12-8-10-22(3)4/h17-18,21-24H,7-16,19-20H2,1-6H3/t23-,24+. The smallest absolute Gasteiger partial charge is 0.123 e. The second-order valence-corrected chi connectivity index (χ2v) is 11.6. The largest absolute Gasteiger partial charge is 0.493 e. The van der Waals surface area contributed by atoms with Gasteiger partial charge in [0.2, 0.25) is 0 Å². The van der Waals surface area contributed by atoms with Crippen LogP contribution in [-0.2, 0) is 10.7 Å². The number of alkyl halides is 2. The maximum atomic E-state index is 6.22. The number of benzene rings is 1. The minimum absolute atomic E-state index is 0.710. The fourth-order valence-corrected chi connectivity index (χ4v) is 4.78. The van der Waals surface area contributed by atoms with Crippen LogP contribution < -0.4 is 9.47 Å². The van der Waals surface area contributed by atoms with Crippen molar-refractivity contribution in [1.29, 1.82) is 0 Å². The lowest BCUT2D eigenvalue weighted by Gasteiger charge is -2.18. The van der Waals surface area contributed by atoms with Gasteiger partial charge in [-0.15, -0.1) is 0 Å². The van der Waals surface area contributed by atoms with Crippen LogP contribution in [0.3, 0.4) is 0 Å². The van der Waals surface area contributed by atoms with Gasteiger partial charge in [-0.3, -0.25) is 0 Å². The Balaban J connectivity index is 2.55. The van der Waals surface area contributed by atoms with Crippen molar-refractivity contribution >= 4 is 31.9 Å². The molecule has 1 rings (SSSR count). The monoisotopic (exact) mass is 574 g/mol. The molecule has 0 aromatic heterocycles. The first-order valence-electron chi connectivity index (χ1n) is 12.8. The van der Waals surface area contributed by atoms with Gasteiger partial charge in [-0.1, -0.05) is 112 Å². The van der Waals surface area contributed by atoms with Crippen LogP contribution in [0.1, 0.15) is 104 Å². The van der Waals surface area contributed by atoms with Gasteiger partial charge in [0.1, 0.15) is 11.5 Å². The molecule has 0 aliphatic carbocycles. The third-order valence-electron chi connectivity index (χ3n) is 6.22. The molecule has 32 heavy (non-hydrogen) atoms. The van der Waals surface area contributed by atoms with Crippen LogP contribution >= 0.6 is 31.9 Å².